The summed E-state index contributed by atoms with van der Waals surface area (Å²) in [6, 6.07) is -0.421. The van der Waals surface area contributed by atoms with Gasteiger partial charge in [0.2, 0.25) is 0 Å². The SMILES string of the molecule is CCN(C(=O)c1nc[nH]c1C(=O)O)C1CCS(=O)(=O)C1. The summed E-state index contributed by atoms with van der Waals surface area (Å²) in [5, 5.41) is 8.97. The number of carbonyl (C=O) groups excluding carboxylic acids is 1. The Labute approximate surface area is 115 Å². The van der Waals surface area contributed by atoms with E-state index in [1.54, 1.807) is 6.92 Å². The third-order valence-electron chi connectivity index (χ3n) is 3.31. The Kier molecular flexibility index (Phi) is 3.80. The summed E-state index contributed by atoms with van der Waals surface area (Å²) in [7, 11) is -3.12. The Balaban J connectivity index is 2.26. The summed E-state index contributed by atoms with van der Waals surface area (Å²) >= 11 is 0. The monoisotopic (exact) mass is 301 g/mol. The highest BCUT2D eigenvalue weighted by Gasteiger charge is 2.36. The number of carboxylic acid groups (broad SMARTS) is 1. The summed E-state index contributed by atoms with van der Waals surface area (Å²) in [5.41, 5.74) is -0.474. The molecule has 1 unspecified atom stereocenters. The zero-order valence-corrected chi connectivity index (χ0v) is 11.7. The summed E-state index contributed by atoms with van der Waals surface area (Å²) < 4.78 is 23.0. The molecule has 1 fully saturated rings. The van der Waals surface area contributed by atoms with Crippen molar-refractivity contribution in [2.45, 2.75) is 19.4 Å². The molecule has 0 saturated carbocycles. The molecular weight excluding hydrogens is 286 g/mol. The van der Waals surface area contributed by atoms with Gasteiger partial charge in [-0.3, -0.25) is 4.79 Å². The molecule has 110 valence electrons. The molecule has 0 radical (unpaired) electrons. The van der Waals surface area contributed by atoms with Crippen LogP contribution >= 0.6 is 0 Å². The molecule has 20 heavy (non-hydrogen) atoms. The third kappa shape index (κ3) is 2.67. The number of carboxylic acids is 1. The van der Waals surface area contributed by atoms with E-state index in [1.807, 2.05) is 0 Å². The summed E-state index contributed by atoms with van der Waals surface area (Å²) in [6.07, 6.45) is 1.50. The molecule has 2 N–H and O–H groups in total. The second-order valence-electron chi connectivity index (χ2n) is 4.58. The summed E-state index contributed by atoms with van der Waals surface area (Å²) in [5.74, 6) is -1.87. The van der Waals surface area contributed by atoms with Gasteiger partial charge >= 0.3 is 5.97 Å². The molecular formula is C11H15N3O5S. The first-order valence-corrected chi connectivity index (χ1v) is 7.96. The molecule has 1 aliphatic rings. The molecule has 0 aliphatic carbocycles. The lowest BCUT2D eigenvalue weighted by Crippen LogP contribution is -2.41. The van der Waals surface area contributed by atoms with E-state index in [1.165, 1.54) is 4.90 Å². The average molecular weight is 301 g/mol. The predicted octanol–water partition coefficient (Wildman–Crippen LogP) is -0.243. The van der Waals surface area contributed by atoms with Gasteiger partial charge in [0.25, 0.3) is 5.91 Å². The zero-order chi connectivity index (χ0) is 14.9. The van der Waals surface area contributed by atoms with Gasteiger partial charge in [0.15, 0.2) is 21.2 Å². The third-order valence-corrected chi connectivity index (χ3v) is 5.06. The number of rotatable bonds is 4. The second-order valence-corrected chi connectivity index (χ2v) is 6.81. The number of sulfone groups is 1. The van der Waals surface area contributed by atoms with E-state index in [4.69, 9.17) is 5.11 Å². The van der Waals surface area contributed by atoms with Crippen LogP contribution in [0.2, 0.25) is 0 Å². The van der Waals surface area contributed by atoms with E-state index >= 15 is 0 Å². The fraction of sp³-hybridized carbons (Fsp3) is 0.545. The minimum atomic E-state index is -3.12. The maximum absolute atomic E-state index is 12.3. The van der Waals surface area contributed by atoms with Crippen molar-refractivity contribution in [3.63, 3.8) is 0 Å². The fourth-order valence-electron chi connectivity index (χ4n) is 2.34. The highest BCUT2D eigenvalue weighted by atomic mass is 32.2. The van der Waals surface area contributed by atoms with Crippen LogP contribution in [-0.4, -0.2) is 64.4 Å². The molecule has 9 heteroatoms. The van der Waals surface area contributed by atoms with Gasteiger partial charge in [0.05, 0.1) is 17.8 Å². The van der Waals surface area contributed by atoms with Crippen molar-refractivity contribution in [2.75, 3.05) is 18.1 Å². The first kappa shape index (κ1) is 14.5. The first-order valence-electron chi connectivity index (χ1n) is 6.13. The lowest BCUT2D eigenvalue weighted by atomic mass is 10.2. The number of aromatic carboxylic acids is 1. The number of aromatic nitrogens is 2. The molecule has 0 aromatic carbocycles. The van der Waals surface area contributed by atoms with Gasteiger partial charge in [0.1, 0.15) is 0 Å². The smallest absolute Gasteiger partial charge is 0.354 e. The van der Waals surface area contributed by atoms with Crippen molar-refractivity contribution in [1.29, 1.82) is 0 Å². The van der Waals surface area contributed by atoms with Crippen molar-refractivity contribution in [2.24, 2.45) is 0 Å². The number of imidazole rings is 1. The number of hydrogen-bond acceptors (Lipinski definition) is 5. The Hall–Kier alpha value is -1.90. The maximum Gasteiger partial charge on any atom is 0.354 e. The zero-order valence-electron chi connectivity index (χ0n) is 10.9. The molecule has 1 amide bonds. The molecule has 1 saturated heterocycles. The molecule has 2 rings (SSSR count). The minimum absolute atomic E-state index is 0.0494. The minimum Gasteiger partial charge on any atom is -0.477 e. The quantitative estimate of drug-likeness (QED) is 0.791. The number of amides is 1. The standard InChI is InChI=1S/C11H15N3O5S/c1-2-14(7-3-4-20(18,19)5-7)10(15)8-9(11(16)17)13-6-12-8/h6-7H,2-5H2,1H3,(H,12,13)(H,16,17). The van der Waals surface area contributed by atoms with Gasteiger partial charge in [-0.2, -0.15) is 0 Å². The van der Waals surface area contributed by atoms with Gasteiger partial charge in [-0.1, -0.05) is 0 Å². The van der Waals surface area contributed by atoms with Crippen LogP contribution < -0.4 is 0 Å². The van der Waals surface area contributed by atoms with E-state index in [2.05, 4.69) is 9.97 Å². The number of carbonyl (C=O) groups is 2. The topological polar surface area (TPSA) is 120 Å². The van der Waals surface area contributed by atoms with Gasteiger partial charge in [0, 0.05) is 12.6 Å². The molecule has 1 aliphatic heterocycles. The van der Waals surface area contributed by atoms with Crippen molar-refractivity contribution < 1.29 is 23.1 Å². The van der Waals surface area contributed by atoms with Crippen LogP contribution in [0, 0.1) is 0 Å². The first-order chi connectivity index (χ1) is 9.35. The van der Waals surface area contributed by atoms with E-state index in [9.17, 15) is 18.0 Å². The Morgan fingerprint density at radius 2 is 2.25 bits per heavy atom. The van der Waals surface area contributed by atoms with Crippen LogP contribution in [0.4, 0.5) is 0 Å². The molecule has 0 spiro atoms. The van der Waals surface area contributed by atoms with Crippen LogP contribution in [0.15, 0.2) is 6.33 Å². The molecule has 2 heterocycles. The van der Waals surface area contributed by atoms with Gasteiger partial charge < -0.3 is 15.0 Å². The maximum atomic E-state index is 12.3. The average Bonchev–Trinajstić information content (AvgIpc) is 2.96. The van der Waals surface area contributed by atoms with Gasteiger partial charge in [-0.05, 0) is 13.3 Å². The Bertz CT molecular complexity index is 636. The van der Waals surface area contributed by atoms with Crippen LogP contribution in [0.3, 0.4) is 0 Å². The number of aromatic amines is 1. The Morgan fingerprint density at radius 1 is 1.55 bits per heavy atom. The molecule has 1 aromatic rings. The van der Waals surface area contributed by atoms with E-state index in [0.29, 0.717) is 13.0 Å². The lowest BCUT2D eigenvalue weighted by Gasteiger charge is -2.26. The molecule has 0 bridgehead atoms. The lowest BCUT2D eigenvalue weighted by molar-refractivity contribution is 0.0652. The molecule has 1 atom stereocenters. The largest absolute Gasteiger partial charge is 0.477 e. The number of nitrogens with one attached hydrogen (secondary N) is 1. The van der Waals surface area contributed by atoms with E-state index in [0.717, 1.165) is 6.33 Å². The van der Waals surface area contributed by atoms with Crippen LogP contribution in [0.25, 0.3) is 0 Å². The normalized spacial score (nSPS) is 20.8. The van der Waals surface area contributed by atoms with Crippen molar-refractivity contribution in [3.8, 4) is 0 Å². The van der Waals surface area contributed by atoms with E-state index < -0.39 is 27.8 Å². The van der Waals surface area contributed by atoms with Crippen molar-refractivity contribution >= 4 is 21.7 Å². The number of nitrogens with zero attached hydrogens (tertiary/aromatic N) is 2. The number of H-pyrrole nitrogens is 1. The van der Waals surface area contributed by atoms with Crippen LogP contribution in [0.1, 0.15) is 34.3 Å². The van der Waals surface area contributed by atoms with Crippen molar-refractivity contribution in [1.82, 2.24) is 14.9 Å². The highest BCUT2D eigenvalue weighted by Crippen LogP contribution is 2.20. The molecule has 8 nitrogen and oxygen atoms in total. The van der Waals surface area contributed by atoms with Crippen molar-refractivity contribution in [3.05, 3.63) is 17.7 Å². The number of hydrogen-bond donors (Lipinski definition) is 2. The van der Waals surface area contributed by atoms with E-state index in [-0.39, 0.29) is 22.9 Å². The van der Waals surface area contributed by atoms with Gasteiger partial charge in [-0.25, -0.2) is 18.2 Å². The van der Waals surface area contributed by atoms with Crippen LogP contribution in [-0.2, 0) is 9.84 Å². The second kappa shape index (κ2) is 5.23. The summed E-state index contributed by atoms with van der Waals surface area (Å²) in [4.78, 5) is 30.8. The molecule has 1 aromatic heterocycles. The van der Waals surface area contributed by atoms with Crippen LogP contribution in [0.5, 0.6) is 0 Å². The fourth-order valence-corrected chi connectivity index (χ4v) is 4.08. The highest BCUT2D eigenvalue weighted by molar-refractivity contribution is 7.91. The Morgan fingerprint density at radius 3 is 2.75 bits per heavy atom. The predicted molar refractivity (Wildman–Crippen MR) is 69.3 cm³/mol. The van der Waals surface area contributed by atoms with Gasteiger partial charge in [-0.15, -0.1) is 0 Å². The summed E-state index contributed by atoms with van der Waals surface area (Å²) in [6.45, 7) is 2.01.